The SMILES string of the molecule is N#CC(C#N)=c1s/c(=C/c2ccc(C#N)cc2)c(=O)n1-c1ccc(F)cc1. The van der Waals surface area contributed by atoms with Gasteiger partial charge in [-0.25, -0.2) is 4.39 Å². The van der Waals surface area contributed by atoms with Crippen molar-refractivity contribution in [3.8, 4) is 23.9 Å². The molecule has 0 N–H and O–H groups in total. The zero-order valence-electron chi connectivity index (χ0n) is 13.7. The van der Waals surface area contributed by atoms with E-state index in [0.29, 0.717) is 21.3 Å². The largest absolute Gasteiger partial charge is 0.273 e. The molecule has 0 saturated carbocycles. The molecule has 3 aromatic rings. The van der Waals surface area contributed by atoms with E-state index in [1.54, 1.807) is 42.5 Å². The van der Waals surface area contributed by atoms with Gasteiger partial charge < -0.3 is 0 Å². The van der Waals surface area contributed by atoms with Crippen LogP contribution in [0, 0.1) is 39.8 Å². The van der Waals surface area contributed by atoms with E-state index in [-0.39, 0.29) is 10.2 Å². The molecule has 0 aliphatic heterocycles. The lowest BCUT2D eigenvalue weighted by molar-refractivity contribution is 0.627. The van der Waals surface area contributed by atoms with E-state index in [9.17, 15) is 19.7 Å². The van der Waals surface area contributed by atoms with Gasteiger partial charge in [-0.1, -0.05) is 12.1 Å². The highest BCUT2D eigenvalue weighted by molar-refractivity contribution is 7.07. The molecule has 0 unspecified atom stereocenters. The van der Waals surface area contributed by atoms with Crippen molar-refractivity contribution in [2.75, 3.05) is 0 Å². The minimum absolute atomic E-state index is 0.177. The summed E-state index contributed by atoms with van der Waals surface area (Å²) in [5.74, 6) is -0.460. The summed E-state index contributed by atoms with van der Waals surface area (Å²) < 4.78 is 14.9. The molecule has 3 rings (SSSR count). The fourth-order valence-corrected chi connectivity index (χ4v) is 3.46. The third kappa shape index (κ3) is 3.52. The van der Waals surface area contributed by atoms with Crippen molar-refractivity contribution < 1.29 is 4.39 Å². The Labute approximate surface area is 157 Å². The molecule has 0 amide bonds. The van der Waals surface area contributed by atoms with Gasteiger partial charge in [-0.2, -0.15) is 15.8 Å². The molecule has 1 heterocycles. The Hall–Kier alpha value is -3.99. The van der Waals surface area contributed by atoms with E-state index in [1.165, 1.54) is 28.8 Å². The quantitative estimate of drug-likeness (QED) is 0.687. The van der Waals surface area contributed by atoms with Crippen molar-refractivity contribution in [1.82, 2.24) is 4.57 Å². The molecule has 0 fully saturated rings. The third-order valence-electron chi connectivity index (χ3n) is 3.68. The average molecular weight is 372 g/mol. The summed E-state index contributed by atoms with van der Waals surface area (Å²) in [7, 11) is 0. The lowest BCUT2D eigenvalue weighted by Crippen LogP contribution is -2.30. The van der Waals surface area contributed by atoms with Crippen LogP contribution >= 0.6 is 11.3 Å². The molecule has 0 aliphatic carbocycles. The van der Waals surface area contributed by atoms with Gasteiger partial charge in [-0.3, -0.25) is 9.36 Å². The summed E-state index contributed by atoms with van der Waals surface area (Å²) >= 11 is 1.00. The van der Waals surface area contributed by atoms with Gasteiger partial charge in [0.1, 0.15) is 22.6 Å². The summed E-state index contributed by atoms with van der Waals surface area (Å²) in [5, 5.41) is 27.3. The van der Waals surface area contributed by atoms with Crippen molar-refractivity contribution in [2.45, 2.75) is 0 Å². The number of thiazole rings is 1. The Balaban J connectivity index is 2.33. The van der Waals surface area contributed by atoms with E-state index in [4.69, 9.17) is 5.26 Å². The van der Waals surface area contributed by atoms with Crippen LogP contribution in [0.15, 0.2) is 53.3 Å². The minimum atomic E-state index is -0.460. The first-order chi connectivity index (χ1) is 13.1. The lowest BCUT2D eigenvalue weighted by Gasteiger charge is -2.01. The Morgan fingerprint density at radius 3 is 2.19 bits per heavy atom. The molecule has 0 bridgehead atoms. The molecule has 0 spiro atoms. The monoisotopic (exact) mass is 372 g/mol. The maximum atomic E-state index is 13.2. The first-order valence-electron chi connectivity index (χ1n) is 7.61. The highest BCUT2D eigenvalue weighted by atomic mass is 32.1. The number of nitrogens with zero attached hydrogens (tertiary/aromatic N) is 4. The minimum Gasteiger partial charge on any atom is -0.267 e. The normalized spacial score (nSPS) is 10.7. The fraction of sp³-hybridized carbons (Fsp3) is 0. The molecule has 5 nitrogen and oxygen atoms in total. The Morgan fingerprint density at radius 2 is 1.63 bits per heavy atom. The van der Waals surface area contributed by atoms with Gasteiger partial charge in [0, 0.05) is 0 Å². The number of nitriles is 3. The fourth-order valence-electron chi connectivity index (χ4n) is 2.40. The second-order valence-corrected chi connectivity index (χ2v) is 6.40. The van der Waals surface area contributed by atoms with Gasteiger partial charge in [-0.05, 0) is 48.0 Å². The topological polar surface area (TPSA) is 93.4 Å². The molecule has 0 saturated heterocycles. The van der Waals surface area contributed by atoms with Crippen LogP contribution in [-0.4, -0.2) is 4.57 Å². The second-order valence-electron chi connectivity index (χ2n) is 5.37. The summed E-state index contributed by atoms with van der Waals surface area (Å²) in [6, 6.07) is 17.5. The van der Waals surface area contributed by atoms with Gasteiger partial charge in [0.2, 0.25) is 0 Å². The number of rotatable bonds is 2. The summed E-state index contributed by atoms with van der Waals surface area (Å²) in [4.78, 5) is 12.9. The van der Waals surface area contributed by atoms with Gasteiger partial charge in [0.15, 0.2) is 5.57 Å². The van der Waals surface area contributed by atoms with E-state index in [0.717, 1.165) is 11.3 Å². The third-order valence-corrected chi connectivity index (χ3v) is 4.78. The molecule has 0 aliphatic rings. The first-order valence-corrected chi connectivity index (χ1v) is 8.43. The van der Waals surface area contributed by atoms with Gasteiger partial charge in [0.05, 0.1) is 21.9 Å². The molecule has 7 heteroatoms. The lowest BCUT2D eigenvalue weighted by atomic mass is 10.1. The number of aromatic nitrogens is 1. The van der Waals surface area contributed by atoms with Gasteiger partial charge in [0.25, 0.3) is 5.56 Å². The van der Waals surface area contributed by atoms with Crippen molar-refractivity contribution in [1.29, 1.82) is 15.8 Å². The van der Waals surface area contributed by atoms with Crippen molar-refractivity contribution in [3.05, 3.63) is 85.0 Å². The maximum Gasteiger partial charge on any atom is 0.273 e. The number of halogens is 1. The molecule has 0 atom stereocenters. The summed E-state index contributed by atoms with van der Waals surface area (Å²) in [6.45, 7) is 0. The highest BCUT2D eigenvalue weighted by Crippen LogP contribution is 2.07. The molecular weight excluding hydrogens is 363 g/mol. The van der Waals surface area contributed by atoms with E-state index in [2.05, 4.69) is 0 Å². The van der Waals surface area contributed by atoms with Gasteiger partial charge >= 0.3 is 0 Å². The van der Waals surface area contributed by atoms with E-state index >= 15 is 0 Å². The molecule has 2 aromatic carbocycles. The Bertz CT molecular complexity index is 1300. The summed E-state index contributed by atoms with van der Waals surface area (Å²) in [5.41, 5.74) is 0.915. The molecule has 128 valence electrons. The Kier molecular flexibility index (Phi) is 4.95. The standard InChI is InChI=1S/C20H9FN4OS/c21-16-5-7-17(8-6-16)25-19(26)18(27-20(25)15(11-23)12-24)9-13-1-3-14(10-22)4-2-13/h1-9H/b18-9+. The van der Waals surface area contributed by atoms with Crippen molar-refractivity contribution in [2.24, 2.45) is 0 Å². The van der Waals surface area contributed by atoms with Crippen LogP contribution in [0.3, 0.4) is 0 Å². The Morgan fingerprint density at radius 1 is 1.00 bits per heavy atom. The van der Waals surface area contributed by atoms with Crippen LogP contribution < -0.4 is 14.8 Å². The predicted molar refractivity (Wildman–Crippen MR) is 98.5 cm³/mol. The highest BCUT2D eigenvalue weighted by Gasteiger charge is 2.11. The van der Waals surface area contributed by atoms with Crippen LogP contribution in [0.25, 0.3) is 17.3 Å². The maximum absolute atomic E-state index is 13.2. The smallest absolute Gasteiger partial charge is 0.267 e. The van der Waals surface area contributed by atoms with Crippen molar-refractivity contribution in [3.63, 3.8) is 0 Å². The number of benzene rings is 2. The number of hydrogen-bond acceptors (Lipinski definition) is 5. The second kappa shape index (κ2) is 7.49. The van der Waals surface area contributed by atoms with Crippen LogP contribution in [0.2, 0.25) is 0 Å². The number of hydrogen-bond donors (Lipinski definition) is 0. The van der Waals surface area contributed by atoms with Crippen LogP contribution in [0.1, 0.15) is 11.1 Å². The zero-order chi connectivity index (χ0) is 19.4. The van der Waals surface area contributed by atoms with Crippen LogP contribution in [0.5, 0.6) is 0 Å². The van der Waals surface area contributed by atoms with Gasteiger partial charge in [-0.15, -0.1) is 11.3 Å². The van der Waals surface area contributed by atoms with Crippen LogP contribution in [-0.2, 0) is 0 Å². The molecule has 1 aromatic heterocycles. The zero-order valence-corrected chi connectivity index (χ0v) is 14.5. The van der Waals surface area contributed by atoms with Crippen molar-refractivity contribution >= 4 is 23.0 Å². The molecule has 27 heavy (non-hydrogen) atoms. The summed E-state index contributed by atoms with van der Waals surface area (Å²) in [6.07, 6.45) is 1.62. The molecular formula is C20H9FN4OS. The molecule has 0 radical (unpaired) electrons. The van der Waals surface area contributed by atoms with E-state index in [1.807, 2.05) is 6.07 Å². The predicted octanol–water partition coefficient (Wildman–Crippen LogP) is 1.94. The van der Waals surface area contributed by atoms with E-state index < -0.39 is 11.4 Å². The first kappa shape index (κ1) is 17.8. The van der Waals surface area contributed by atoms with Crippen LogP contribution in [0.4, 0.5) is 4.39 Å². The average Bonchev–Trinajstić information content (AvgIpc) is 3.00.